The van der Waals surface area contributed by atoms with Gasteiger partial charge in [-0.05, 0) is 63.9 Å². The average Bonchev–Trinajstić information content (AvgIpc) is 3.24. The lowest BCUT2D eigenvalue weighted by Gasteiger charge is -2.39. The standard InChI is InChI=1S/C25H28ClF2N5O2/c1-14-11-20(32-31-14)30-23-16(3)15(2)21(27)19(29-23)12-25(24(34)35)7-9-33(10-8-25)13-17-5-4-6-18(26)22(17)28/h4-6,11H,7-10,12-13H2,1-3H3,(H,34,35)(H2,29,30,31,32). The average molecular weight is 504 g/mol. The third-order valence-electron chi connectivity index (χ3n) is 6.90. The molecule has 186 valence electrons. The molecule has 0 spiro atoms. The number of nitrogens with one attached hydrogen (secondary N) is 2. The van der Waals surface area contributed by atoms with Crippen molar-refractivity contribution in [2.75, 3.05) is 18.4 Å². The Morgan fingerprint density at radius 3 is 2.54 bits per heavy atom. The van der Waals surface area contributed by atoms with E-state index in [1.165, 1.54) is 6.07 Å². The minimum atomic E-state index is -1.17. The molecule has 0 unspecified atom stereocenters. The van der Waals surface area contributed by atoms with Gasteiger partial charge in [0.15, 0.2) is 5.82 Å². The molecule has 0 radical (unpaired) electrons. The number of hydrogen-bond acceptors (Lipinski definition) is 5. The van der Waals surface area contributed by atoms with E-state index in [0.717, 1.165) is 5.69 Å². The van der Waals surface area contributed by atoms with Gasteiger partial charge in [-0.25, -0.2) is 13.8 Å². The summed E-state index contributed by atoms with van der Waals surface area (Å²) >= 11 is 5.89. The predicted molar refractivity (Wildman–Crippen MR) is 130 cm³/mol. The van der Waals surface area contributed by atoms with E-state index in [1.807, 2.05) is 11.8 Å². The first-order valence-electron chi connectivity index (χ1n) is 11.4. The van der Waals surface area contributed by atoms with E-state index in [2.05, 4.69) is 20.5 Å². The first-order chi connectivity index (χ1) is 16.6. The summed E-state index contributed by atoms with van der Waals surface area (Å²) in [6.07, 6.45) is 0.544. The number of carboxylic acids is 1. The molecule has 10 heteroatoms. The molecule has 1 aliphatic heterocycles. The van der Waals surface area contributed by atoms with Gasteiger partial charge in [-0.3, -0.25) is 14.8 Å². The number of pyridine rings is 1. The number of likely N-dealkylation sites (tertiary alicyclic amines) is 1. The second-order valence-electron chi connectivity index (χ2n) is 9.28. The number of anilines is 2. The zero-order chi connectivity index (χ0) is 25.3. The van der Waals surface area contributed by atoms with Gasteiger partial charge in [-0.15, -0.1) is 0 Å². The van der Waals surface area contributed by atoms with Crippen LogP contribution in [0.3, 0.4) is 0 Å². The van der Waals surface area contributed by atoms with Crippen LogP contribution in [0.5, 0.6) is 0 Å². The lowest BCUT2D eigenvalue weighted by molar-refractivity contribution is -0.152. The predicted octanol–water partition coefficient (Wildman–Crippen LogP) is 5.31. The van der Waals surface area contributed by atoms with E-state index in [0.29, 0.717) is 60.8 Å². The van der Waals surface area contributed by atoms with Gasteiger partial charge in [0.2, 0.25) is 0 Å². The third-order valence-corrected chi connectivity index (χ3v) is 7.19. The fourth-order valence-electron chi connectivity index (χ4n) is 4.51. The van der Waals surface area contributed by atoms with Crippen LogP contribution in [-0.2, 0) is 17.8 Å². The fraction of sp³-hybridized carbons (Fsp3) is 0.400. The molecule has 35 heavy (non-hydrogen) atoms. The van der Waals surface area contributed by atoms with Gasteiger partial charge in [0.25, 0.3) is 0 Å². The summed E-state index contributed by atoms with van der Waals surface area (Å²) in [4.78, 5) is 18.9. The molecule has 3 aromatic rings. The molecule has 1 saturated heterocycles. The molecular weight excluding hydrogens is 476 g/mol. The van der Waals surface area contributed by atoms with Gasteiger partial charge in [0.1, 0.15) is 17.5 Å². The molecule has 1 aromatic carbocycles. The van der Waals surface area contributed by atoms with Gasteiger partial charge < -0.3 is 10.4 Å². The summed E-state index contributed by atoms with van der Waals surface area (Å²) in [6, 6.07) is 6.66. The summed E-state index contributed by atoms with van der Waals surface area (Å²) in [5.41, 5.74) is 1.32. The first kappa shape index (κ1) is 25.1. The number of halogens is 3. The van der Waals surface area contributed by atoms with Gasteiger partial charge >= 0.3 is 5.97 Å². The maximum Gasteiger partial charge on any atom is 0.310 e. The molecule has 1 aliphatic rings. The number of aryl methyl sites for hydroxylation is 1. The van der Waals surface area contributed by atoms with Crippen molar-refractivity contribution in [1.29, 1.82) is 0 Å². The van der Waals surface area contributed by atoms with Gasteiger partial charge in [-0.2, -0.15) is 5.10 Å². The lowest BCUT2D eigenvalue weighted by atomic mass is 9.74. The second kappa shape index (κ2) is 9.91. The van der Waals surface area contributed by atoms with Crippen molar-refractivity contribution in [3.05, 3.63) is 69.0 Å². The minimum Gasteiger partial charge on any atom is -0.481 e. The maximum atomic E-state index is 15.3. The van der Waals surface area contributed by atoms with Crippen LogP contribution in [-0.4, -0.2) is 44.2 Å². The Morgan fingerprint density at radius 2 is 1.91 bits per heavy atom. The fourth-order valence-corrected chi connectivity index (χ4v) is 4.70. The van der Waals surface area contributed by atoms with Crippen molar-refractivity contribution in [3.8, 4) is 0 Å². The number of rotatable bonds is 7. The molecule has 1 fully saturated rings. The van der Waals surface area contributed by atoms with E-state index in [9.17, 15) is 14.3 Å². The van der Waals surface area contributed by atoms with E-state index < -0.39 is 23.0 Å². The molecule has 3 N–H and O–H groups in total. The molecule has 0 aliphatic carbocycles. The van der Waals surface area contributed by atoms with E-state index in [1.54, 1.807) is 32.0 Å². The van der Waals surface area contributed by atoms with E-state index in [4.69, 9.17) is 11.6 Å². The zero-order valence-corrected chi connectivity index (χ0v) is 20.6. The van der Waals surface area contributed by atoms with Crippen molar-refractivity contribution < 1.29 is 18.7 Å². The molecule has 7 nitrogen and oxygen atoms in total. The van der Waals surface area contributed by atoms with E-state index in [-0.39, 0.29) is 17.1 Å². The molecule has 4 rings (SSSR count). The Balaban J connectivity index is 1.54. The van der Waals surface area contributed by atoms with Crippen LogP contribution in [0.25, 0.3) is 0 Å². The molecule has 3 heterocycles. The quantitative estimate of drug-likeness (QED) is 0.404. The highest BCUT2D eigenvalue weighted by Gasteiger charge is 2.43. The van der Waals surface area contributed by atoms with Crippen molar-refractivity contribution in [2.45, 2.75) is 46.6 Å². The Kier molecular flexibility index (Phi) is 7.10. The van der Waals surface area contributed by atoms with Gasteiger partial charge in [0, 0.05) is 30.3 Å². The number of H-pyrrole nitrogens is 1. The van der Waals surface area contributed by atoms with E-state index >= 15 is 4.39 Å². The van der Waals surface area contributed by atoms with Crippen molar-refractivity contribution in [3.63, 3.8) is 0 Å². The third kappa shape index (κ3) is 5.16. The normalized spacial score (nSPS) is 15.8. The van der Waals surface area contributed by atoms with Crippen LogP contribution < -0.4 is 5.32 Å². The minimum absolute atomic E-state index is 0.0388. The number of carbonyl (C=O) groups is 1. The van der Waals surface area contributed by atoms with Crippen LogP contribution in [0.4, 0.5) is 20.4 Å². The molecule has 0 bridgehead atoms. The Hall–Kier alpha value is -3.04. The zero-order valence-electron chi connectivity index (χ0n) is 19.9. The molecule has 0 atom stereocenters. The van der Waals surface area contributed by atoms with Crippen molar-refractivity contribution >= 4 is 29.2 Å². The van der Waals surface area contributed by atoms with Crippen molar-refractivity contribution in [2.24, 2.45) is 5.41 Å². The highest BCUT2D eigenvalue weighted by atomic mass is 35.5. The highest BCUT2D eigenvalue weighted by Crippen LogP contribution is 2.38. The van der Waals surface area contributed by atoms with Crippen LogP contribution in [0.2, 0.25) is 5.02 Å². The lowest BCUT2D eigenvalue weighted by Crippen LogP contribution is -2.45. The Morgan fingerprint density at radius 1 is 1.20 bits per heavy atom. The topological polar surface area (TPSA) is 94.1 Å². The molecule has 0 saturated carbocycles. The summed E-state index contributed by atoms with van der Waals surface area (Å²) in [5, 5.41) is 20.3. The number of aromatic nitrogens is 3. The largest absolute Gasteiger partial charge is 0.481 e. The summed E-state index contributed by atoms with van der Waals surface area (Å²) in [5.74, 6) is -0.944. The molecule has 0 amide bonds. The van der Waals surface area contributed by atoms with Gasteiger partial charge in [-0.1, -0.05) is 23.7 Å². The Labute approximate surface area is 207 Å². The number of nitrogens with zero attached hydrogens (tertiary/aromatic N) is 3. The molecular formula is C25H28ClF2N5O2. The Bertz CT molecular complexity index is 1250. The SMILES string of the molecule is Cc1cc(Nc2nc(CC3(C(=O)O)CCN(Cc4cccc(Cl)c4F)CC3)c(F)c(C)c2C)n[nH]1. The van der Waals surface area contributed by atoms with Gasteiger partial charge in [0.05, 0.1) is 16.1 Å². The number of aliphatic carboxylic acids is 1. The van der Waals surface area contributed by atoms with Crippen LogP contribution in [0.15, 0.2) is 24.3 Å². The number of carboxylic acid groups (broad SMARTS) is 1. The second-order valence-corrected chi connectivity index (χ2v) is 9.69. The monoisotopic (exact) mass is 503 g/mol. The van der Waals surface area contributed by atoms with Crippen LogP contribution in [0, 0.1) is 37.8 Å². The number of benzene rings is 1. The summed E-state index contributed by atoms with van der Waals surface area (Å²) in [7, 11) is 0. The summed E-state index contributed by atoms with van der Waals surface area (Å²) < 4.78 is 29.6. The summed E-state index contributed by atoms with van der Waals surface area (Å²) in [6.45, 7) is 6.48. The van der Waals surface area contributed by atoms with Crippen LogP contribution in [0.1, 0.15) is 40.9 Å². The molecule has 2 aromatic heterocycles. The number of hydrogen-bond donors (Lipinski definition) is 3. The maximum absolute atomic E-state index is 15.3. The number of piperidine rings is 1. The first-order valence-corrected chi connectivity index (χ1v) is 11.8. The highest BCUT2D eigenvalue weighted by molar-refractivity contribution is 6.30. The smallest absolute Gasteiger partial charge is 0.310 e. The number of aromatic amines is 1. The van der Waals surface area contributed by atoms with Crippen LogP contribution >= 0.6 is 11.6 Å². The van der Waals surface area contributed by atoms with Crippen molar-refractivity contribution in [1.82, 2.24) is 20.1 Å².